The smallest absolute Gasteiger partial charge is 0.324 e. The zero-order valence-electron chi connectivity index (χ0n) is 16.4. The molecule has 2 aromatic rings. The lowest BCUT2D eigenvalue weighted by Gasteiger charge is -2.26. The van der Waals surface area contributed by atoms with Crippen molar-refractivity contribution in [2.24, 2.45) is 0 Å². The van der Waals surface area contributed by atoms with Crippen LogP contribution in [-0.4, -0.2) is 29.3 Å². The number of anilines is 1. The molecule has 2 aromatic carbocycles. The van der Waals surface area contributed by atoms with Crippen LogP contribution in [0.4, 0.5) is 10.5 Å². The number of rotatable bonds is 6. The predicted octanol–water partition coefficient (Wildman–Crippen LogP) is 3.49. The van der Waals surface area contributed by atoms with Crippen molar-refractivity contribution in [1.82, 2.24) is 10.2 Å². The van der Waals surface area contributed by atoms with E-state index in [1.165, 1.54) is 0 Å². The number of benzene rings is 2. The molecule has 1 aliphatic rings. The van der Waals surface area contributed by atoms with Crippen molar-refractivity contribution in [3.05, 3.63) is 65.2 Å². The first-order valence-corrected chi connectivity index (χ1v) is 9.44. The van der Waals surface area contributed by atoms with Crippen LogP contribution in [0.5, 0.6) is 0 Å². The molecule has 1 atom stereocenters. The molecule has 1 heterocycles. The Balaban J connectivity index is 1.81. The third-order valence-electron chi connectivity index (χ3n) is 5.04. The zero-order chi connectivity index (χ0) is 20.3. The van der Waals surface area contributed by atoms with Gasteiger partial charge in [0.15, 0.2) is 0 Å². The summed E-state index contributed by atoms with van der Waals surface area (Å²) in [4.78, 5) is 39.3. The van der Waals surface area contributed by atoms with Crippen molar-refractivity contribution in [3.63, 3.8) is 0 Å². The van der Waals surface area contributed by atoms with Gasteiger partial charge in [0, 0.05) is 5.69 Å². The van der Waals surface area contributed by atoms with E-state index in [1.54, 1.807) is 0 Å². The van der Waals surface area contributed by atoms with Crippen molar-refractivity contribution in [2.45, 2.75) is 39.2 Å². The fourth-order valence-electron chi connectivity index (χ4n) is 3.58. The van der Waals surface area contributed by atoms with E-state index in [9.17, 15) is 14.4 Å². The van der Waals surface area contributed by atoms with E-state index < -0.39 is 17.5 Å². The maximum atomic E-state index is 13.2. The van der Waals surface area contributed by atoms with E-state index >= 15 is 0 Å². The average molecular weight is 379 g/mol. The van der Waals surface area contributed by atoms with Gasteiger partial charge in [-0.2, -0.15) is 0 Å². The molecule has 0 aromatic heterocycles. The lowest BCUT2D eigenvalue weighted by molar-refractivity contribution is -0.134. The highest BCUT2D eigenvalue weighted by atomic mass is 16.2. The minimum atomic E-state index is -1.12. The second kappa shape index (κ2) is 7.84. The summed E-state index contributed by atoms with van der Waals surface area (Å²) in [5, 5.41) is 5.64. The van der Waals surface area contributed by atoms with Crippen molar-refractivity contribution in [1.29, 1.82) is 0 Å². The Labute approximate surface area is 164 Å². The van der Waals surface area contributed by atoms with Gasteiger partial charge in [-0.15, -0.1) is 0 Å². The largest absolute Gasteiger partial charge is 0.325 e. The first-order valence-electron chi connectivity index (χ1n) is 9.44. The number of carbonyl (C=O) groups is 3. The molecule has 146 valence electrons. The Morgan fingerprint density at radius 1 is 1.11 bits per heavy atom. The summed E-state index contributed by atoms with van der Waals surface area (Å²) < 4.78 is 0. The maximum absolute atomic E-state index is 13.2. The lowest BCUT2D eigenvalue weighted by atomic mass is 9.85. The molecule has 0 saturated carbocycles. The summed E-state index contributed by atoms with van der Waals surface area (Å²) in [7, 11) is 0. The van der Waals surface area contributed by atoms with E-state index in [2.05, 4.69) is 10.6 Å². The molecular weight excluding hydrogens is 354 g/mol. The monoisotopic (exact) mass is 379 g/mol. The van der Waals surface area contributed by atoms with Gasteiger partial charge in [0.1, 0.15) is 12.1 Å². The first kappa shape index (κ1) is 19.6. The molecule has 0 bridgehead atoms. The van der Waals surface area contributed by atoms with E-state index in [1.807, 2.05) is 69.3 Å². The van der Waals surface area contributed by atoms with Crippen molar-refractivity contribution >= 4 is 23.5 Å². The highest BCUT2D eigenvalue weighted by Crippen LogP contribution is 2.33. The summed E-state index contributed by atoms with van der Waals surface area (Å²) in [6, 6.07) is 14.4. The zero-order valence-corrected chi connectivity index (χ0v) is 16.4. The van der Waals surface area contributed by atoms with Gasteiger partial charge >= 0.3 is 6.03 Å². The number of nitrogens with one attached hydrogen (secondary N) is 2. The van der Waals surface area contributed by atoms with E-state index in [0.717, 1.165) is 21.6 Å². The van der Waals surface area contributed by atoms with Crippen molar-refractivity contribution in [3.8, 4) is 0 Å². The number of hydrogen-bond donors (Lipinski definition) is 2. The van der Waals surface area contributed by atoms with Gasteiger partial charge in [0.05, 0.1) is 0 Å². The SMILES string of the molecule is CCC[C@@]1(c2ccccc2)NC(=O)N(CC(=O)Nc2cc(C)ccc2C)C1=O. The Morgan fingerprint density at radius 2 is 1.82 bits per heavy atom. The number of carbonyl (C=O) groups excluding carboxylic acids is 3. The minimum absolute atomic E-state index is 0.323. The number of hydrogen-bond acceptors (Lipinski definition) is 3. The highest BCUT2D eigenvalue weighted by molar-refractivity contribution is 6.10. The molecule has 0 radical (unpaired) electrons. The topological polar surface area (TPSA) is 78.5 Å². The summed E-state index contributed by atoms with van der Waals surface area (Å²) in [5.74, 6) is -0.792. The normalized spacial score (nSPS) is 18.9. The van der Waals surface area contributed by atoms with Gasteiger partial charge in [-0.1, -0.05) is 55.8 Å². The molecule has 28 heavy (non-hydrogen) atoms. The molecule has 6 heteroatoms. The van der Waals surface area contributed by atoms with Crippen LogP contribution in [0.15, 0.2) is 48.5 Å². The van der Waals surface area contributed by atoms with Crippen LogP contribution < -0.4 is 10.6 Å². The van der Waals surface area contributed by atoms with Gasteiger partial charge < -0.3 is 10.6 Å². The maximum Gasteiger partial charge on any atom is 0.325 e. The Bertz CT molecular complexity index is 910. The van der Waals surface area contributed by atoms with Gasteiger partial charge in [-0.05, 0) is 43.0 Å². The summed E-state index contributed by atoms with van der Waals surface area (Å²) in [5.41, 5.74) is 2.22. The third kappa shape index (κ3) is 3.63. The second-order valence-corrected chi connectivity index (χ2v) is 7.21. The number of amides is 4. The van der Waals surface area contributed by atoms with Crippen molar-refractivity contribution < 1.29 is 14.4 Å². The summed E-state index contributed by atoms with van der Waals surface area (Å²) in [6.45, 7) is 5.46. The Hall–Kier alpha value is -3.15. The lowest BCUT2D eigenvalue weighted by Crippen LogP contribution is -2.44. The van der Waals surface area contributed by atoms with E-state index in [4.69, 9.17) is 0 Å². The van der Waals surface area contributed by atoms with Crippen LogP contribution in [0.25, 0.3) is 0 Å². The molecule has 2 N–H and O–H groups in total. The van der Waals surface area contributed by atoms with Crippen LogP contribution in [0, 0.1) is 13.8 Å². The van der Waals surface area contributed by atoms with E-state index in [-0.39, 0.29) is 12.5 Å². The number of imide groups is 1. The highest BCUT2D eigenvalue weighted by Gasteiger charge is 2.52. The quantitative estimate of drug-likeness (QED) is 0.754. The summed E-state index contributed by atoms with van der Waals surface area (Å²) in [6.07, 6.45) is 1.18. The molecule has 1 fully saturated rings. The number of urea groups is 1. The molecule has 6 nitrogen and oxygen atoms in total. The van der Waals surface area contributed by atoms with Gasteiger partial charge in [0.25, 0.3) is 5.91 Å². The van der Waals surface area contributed by atoms with Crippen LogP contribution in [0.1, 0.15) is 36.5 Å². The average Bonchev–Trinajstić information content (AvgIpc) is 2.91. The summed E-state index contributed by atoms with van der Waals surface area (Å²) >= 11 is 0. The van der Waals surface area contributed by atoms with Gasteiger partial charge in [0.2, 0.25) is 5.91 Å². The fraction of sp³-hybridized carbons (Fsp3) is 0.318. The van der Waals surface area contributed by atoms with Gasteiger partial charge in [-0.3, -0.25) is 14.5 Å². The molecule has 0 aliphatic carbocycles. The molecule has 1 aliphatic heterocycles. The predicted molar refractivity (Wildman–Crippen MR) is 108 cm³/mol. The Kier molecular flexibility index (Phi) is 5.49. The Morgan fingerprint density at radius 3 is 2.50 bits per heavy atom. The van der Waals surface area contributed by atoms with Crippen LogP contribution in [0.2, 0.25) is 0 Å². The second-order valence-electron chi connectivity index (χ2n) is 7.21. The van der Waals surface area contributed by atoms with Crippen molar-refractivity contribution in [2.75, 3.05) is 11.9 Å². The minimum Gasteiger partial charge on any atom is -0.324 e. The van der Waals surface area contributed by atoms with Gasteiger partial charge in [-0.25, -0.2) is 4.79 Å². The first-order chi connectivity index (χ1) is 13.4. The number of nitrogens with zero attached hydrogens (tertiary/aromatic N) is 1. The third-order valence-corrected chi connectivity index (χ3v) is 5.04. The van der Waals surface area contributed by atoms with Crippen LogP contribution >= 0.6 is 0 Å². The molecule has 1 saturated heterocycles. The van der Waals surface area contributed by atoms with E-state index in [0.29, 0.717) is 18.5 Å². The fourth-order valence-corrected chi connectivity index (χ4v) is 3.58. The standard InChI is InChI=1S/C22H25N3O3/c1-4-12-22(17-8-6-5-7-9-17)20(27)25(21(28)24-22)14-19(26)23-18-13-15(2)10-11-16(18)3/h5-11,13H,4,12,14H2,1-3H3,(H,23,26)(H,24,28)/t22-/m0/s1. The molecule has 3 rings (SSSR count). The molecule has 0 spiro atoms. The van der Waals surface area contributed by atoms with Crippen LogP contribution in [-0.2, 0) is 15.1 Å². The number of aryl methyl sites for hydroxylation is 2. The molecule has 0 unspecified atom stereocenters. The van der Waals surface area contributed by atoms with Crippen LogP contribution in [0.3, 0.4) is 0 Å². The molecular formula is C22H25N3O3. The molecule has 4 amide bonds.